The number of anilines is 2. The molecule has 1 unspecified atom stereocenters. The summed E-state index contributed by atoms with van der Waals surface area (Å²) in [5, 5.41) is 5.06. The van der Waals surface area contributed by atoms with Crippen molar-refractivity contribution >= 4 is 17.7 Å². The molecule has 1 atom stereocenters. The van der Waals surface area contributed by atoms with Gasteiger partial charge in [0.15, 0.2) is 0 Å². The van der Waals surface area contributed by atoms with Gasteiger partial charge in [0.05, 0.1) is 6.10 Å². The maximum atomic E-state index is 12.7. The Morgan fingerprint density at radius 2 is 2.30 bits per heavy atom. The summed E-state index contributed by atoms with van der Waals surface area (Å²) in [6.45, 7) is 0.151. The number of morpholine rings is 1. The second kappa shape index (κ2) is 5.49. The molecule has 7 nitrogen and oxygen atoms in total. The predicted molar refractivity (Wildman–Crippen MR) is 62.7 cm³/mol. The first kappa shape index (κ1) is 14.3. The van der Waals surface area contributed by atoms with Gasteiger partial charge in [-0.15, -0.1) is 0 Å². The normalized spacial score (nSPS) is 19.6. The van der Waals surface area contributed by atoms with Gasteiger partial charge in [-0.2, -0.15) is 18.2 Å². The minimum atomic E-state index is -4.59. The maximum Gasteiger partial charge on any atom is 0.421 e. The third-order valence-corrected chi connectivity index (χ3v) is 2.59. The Bertz CT molecular complexity index is 498. The Labute approximate surface area is 111 Å². The van der Waals surface area contributed by atoms with Crippen molar-refractivity contribution in [2.75, 3.05) is 30.7 Å². The number of nitrogens with one attached hydrogen (secondary N) is 2. The zero-order valence-corrected chi connectivity index (χ0v) is 10.2. The second-order valence-corrected chi connectivity index (χ2v) is 4.11. The van der Waals surface area contributed by atoms with Gasteiger partial charge >= 0.3 is 6.18 Å². The van der Waals surface area contributed by atoms with Crippen LogP contribution in [0.4, 0.5) is 24.9 Å². The van der Waals surface area contributed by atoms with Gasteiger partial charge in [-0.05, 0) is 0 Å². The number of nitrogen functional groups attached to an aromatic ring is 1. The number of aromatic nitrogens is 2. The van der Waals surface area contributed by atoms with Crippen molar-refractivity contribution in [1.82, 2.24) is 15.3 Å². The molecule has 20 heavy (non-hydrogen) atoms. The molecule has 0 aromatic carbocycles. The molecule has 1 aromatic rings. The number of halogens is 3. The van der Waals surface area contributed by atoms with Crippen LogP contribution in [0.1, 0.15) is 5.56 Å². The molecule has 0 aliphatic carbocycles. The molecule has 2 heterocycles. The molecule has 110 valence electrons. The van der Waals surface area contributed by atoms with Gasteiger partial charge in [-0.3, -0.25) is 4.79 Å². The number of nitrogens with zero attached hydrogens (tertiary/aromatic N) is 2. The van der Waals surface area contributed by atoms with Crippen molar-refractivity contribution in [2.24, 2.45) is 0 Å². The van der Waals surface area contributed by atoms with E-state index >= 15 is 0 Å². The highest BCUT2D eigenvalue weighted by atomic mass is 19.4. The van der Waals surface area contributed by atoms with Crippen LogP contribution in [0, 0.1) is 0 Å². The lowest BCUT2D eigenvalue weighted by molar-refractivity contribution is -0.137. The van der Waals surface area contributed by atoms with Crippen LogP contribution in [0.2, 0.25) is 0 Å². The summed E-state index contributed by atoms with van der Waals surface area (Å²) in [5.74, 6) is -0.938. The van der Waals surface area contributed by atoms with Gasteiger partial charge in [-0.25, -0.2) is 4.98 Å². The number of ether oxygens (including phenoxy) is 1. The lowest BCUT2D eigenvalue weighted by Gasteiger charge is -2.24. The average molecular weight is 291 g/mol. The van der Waals surface area contributed by atoms with Crippen LogP contribution in [0.5, 0.6) is 0 Å². The van der Waals surface area contributed by atoms with Crippen molar-refractivity contribution in [2.45, 2.75) is 12.3 Å². The van der Waals surface area contributed by atoms with E-state index in [4.69, 9.17) is 10.5 Å². The SMILES string of the molecule is Nc1ncc(C(F)(F)F)c(NCC2CNC(=O)CO2)n1. The molecule has 1 aromatic heterocycles. The van der Waals surface area contributed by atoms with E-state index in [0.717, 1.165) is 0 Å². The van der Waals surface area contributed by atoms with Crippen molar-refractivity contribution < 1.29 is 22.7 Å². The summed E-state index contributed by atoms with van der Waals surface area (Å²) < 4.78 is 43.4. The molecular weight excluding hydrogens is 279 g/mol. The quantitative estimate of drug-likeness (QED) is 0.724. The fourth-order valence-corrected chi connectivity index (χ4v) is 1.61. The van der Waals surface area contributed by atoms with Crippen LogP contribution < -0.4 is 16.4 Å². The van der Waals surface area contributed by atoms with Gasteiger partial charge in [0.25, 0.3) is 0 Å². The number of hydrogen-bond donors (Lipinski definition) is 3. The lowest BCUT2D eigenvalue weighted by Crippen LogP contribution is -2.45. The highest BCUT2D eigenvalue weighted by Gasteiger charge is 2.35. The number of carbonyl (C=O) groups excluding carboxylic acids is 1. The highest BCUT2D eigenvalue weighted by molar-refractivity contribution is 5.77. The first-order valence-electron chi connectivity index (χ1n) is 5.68. The van der Waals surface area contributed by atoms with Crippen LogP contribution in [0.25, 0.3) is 0 Å². The molecule has 1 fully saturated rings. The zero-order valence-electron chi connectivity index (χ0n) is 10.2. The third kappa shape index (κ3) is 3.47. The summed E-state index contributed by atoms with van der Waals surface area (Å²) in [7, 11) is 0. The minimum absolute atomic E-state index is 0.0554. The topological polar surface area (TPSA) is 102 Å². The lowest BCUT2D eigenvalue weighted by atomic mass is 10.2. The van der Waals surface area contributed by atoms with Gasteiger partial charge in [0, 0.05) is 19.3 Å². The van der Waals surface area contributed by atoms with Crippen molar-refractivity contribution in [3.05, 3.63) is 11.8 Å². The molecule has 1 saturated heterocycles. The Kier molecular flexibility index (Phi) is 3.93. The van der Waals surface area contributed by atoms with E-state index in [1.165, 1.54) is 0 Å². The van der Waals surface area contributed by atoms with E-state index in [9.17, 15) is 18.0 Å². The summed E-state index contributed by atoms with van der Waals surface area (Å²) in [5.41, 5.74) is 4.27. The van der Waals surface area contributed by atoms with Crippen molar-refractivity contribution in [3.8, 4) is 0 Å². The number of amides is 1. The number of alkyl halides is 3. The van der Waals surface area contributed by atoms with Crippen LogP contribution >= 0.6 is 0 Å². The second-order valence-electron chi connectivity index (χ2n) is 4.11. The van der Waals surface area contributed by atoms with E-state index in [-0.39, 0.29) is 31.6 Å². The Hall–Kier alpha value is -2.10. The molecule has 10 heteroatoms. The summed E-state index contributed by atoms with van der Waals surface area (Å²) >= 11 is 0. The molecule has 1 aliphatic rings. The number of nitrogens with two attached hydrogens (primary N) is 1. The maximum absolute atomic E-state index is 12.7. The molecule has 4 N–H and O–H groups in total. The monoisotopic (exact) mass is 291 g/mol. The first-order chi connectivity index (χ1) is 9.36. The van der Waals surface area contributed by atoms with E-state index in [0.29, 0.717) is 6.20 Å². The Morgan fingerprint density at radius 3 is 2.90 bits per heavy atom. The van der Waals surface area contributed by atoms with Crippen LogP contribution in [0.15, 0.2) is 6.20 Å². The van der Waals surface area contributed by atoms with Crippen molar-refractivity contribution in [1.29, 1.82) is 0 Å². The van der Waals surface area contributed by atoms with Gasteiger partial charge < -0.3 is 21.1 Å². The smallest absolute Gasteiger partial charge is 0.368 e. The van der Waals surface area contributed by atoms with Crippen LogP contribution in [-0.2, 0) is 15.7 Å². The summed E-state index contributed by atoms with van der Waals surface area (Å²) in [6, 6.07) is 0. The van der Waals surface area contributed by atoms with E-state index in [1.807, 2.05) is 0 Å². The average Bonchev–Trinajstić information content (AvgIpc) is 2.36. The molecular formula is C10H12F3N5O2. The summed E-state index contributed by atoms with van der Waals surface area (Å²) in [6.07, 6.45) is -4.41. The van der Waals surface area contributed by atoms with Crippen molar-refractivity contribution in [3.63, 3.8) is 0 Å². The zero-order chi connectivity index (χ0) is 14.8. The number of carbonyl (C=O) groups is 1. The third-order valence-electron chi connectivity index (χ3n) is 2.59. The molecule has 0 radical (unpaired) electrons. The molecule has 0 saturated carbocycles. The fourth-order valence-electron chi connectivity index (χ4n) is 1.61. The van der Waals surface area contributed by atoms with Crippen LogP contribution in [-0.4, -0.2) is 41.7 Å². The molecule has 1 amide bonds. The largest absolute Gasteiger partial charge is 0.421 e. The summed E-state index contributed by atoms with van der Waals surface area (Å²) in [4.78, 5) is 17.7. The van der Waals surface area contributed by atoms with E-state index in [2.05, 4.69) is 20.6 Å². The number of hydrogen-bond acceptors (Lipinski definition) is 6. The Morgan fingerprint density at radius 1 is 1.55 bits per heavy atom. The van der Waals surface area contributed by atoms with E-state index in [1.54, 1.807) is 0 Å². The molecule has 0 bridgehead atoms. The molecule has 0 spiro atoms. The molecule has 1 aliphatic heterocycles. The van der Waals surface area contributed by atoms with E-state index < -0.39 is 23.7 Å². The highest BCUT2D eigenvalue weighted by Crippen LogP contribution is 2.33. The Balaban J connectivity index is 2.05. The molecule has 2 rings (SSSR count). The minimum Gasteiger partial charge on any atom is -0.368 e. The fraction of sp³-hybridized carbons (Fsp3) is 0.500. The first-order valence-corrected chi connectivity index (χ1v) is 5.68. The standard InChI is InChI=1S/C10H12F3N5O2/c11-10(12,13)6-3-17-9(14)18-8(6)16-2-5-1-15-7(19)4-20-5/h3,5H,1-2,4H2,(H,15,19)(H3,14,16,17,18). The van der Waals surface area contributed by atoms with Crippen LogP contribution in [0.3, 0.4) is 0 Å². The van der Waals surface area contributed by atoms with Gasteiger partial charge in [0.1, 0.15) is 18.0 Å². The van der Waals surface area contributed by atoms with Gasteiger partial charge in [0.2, 0.25) is 11.9 Å². The predicted octanol–water partition coefficient (Wildman–Crippen LogP) is 0.00450. The van der Waals surface area contributed by atoms with Gasteiger partial charge in [-0.1, -0.05) is 0 Å². The number of rotatable bonds is 3.